The van der Waals surface area contributed by atoms with E-state index in [0.717, 1.165) is 31.8 Å². The first-order valence-corrected chi connectivity index (χ1v) is 6.83. The lowest BCUT2D eigenvalue weighted by Gasteiger charge is -2.15. The number of nitrogens with zero attached hydrogens (tertiary/aromatic N) is 7. The van der Waals surface area contributed by atoms with E-state index in [9.17, 15) is 0 Å². The number of aromatic nitrogens is 6. The second kappa shape index (κ2) is 5.58. The molecule has 0 atom stereocenters. The van der Waals surface area contributed by atoms with Crippen LogP contribution in [0.25, 0.3) is 0 Å². The average molecular weight is 295 g/mol. The third-order valence-corrected chi connectivity index (χ3v) is 3.36. The summed E-state index contributed by atoms with van der Waals surface area (Å²) >= 11 is 5.96. The van der Waals surface area contributed by atoms with Crippen LogP contribution in [0.1, 0.15) is 18.7 Å². The summed E-state index contributed by atoms with van der Waals surface area (Å²) in [6, 6.07) is 0. The fourth-order valence-corrected chi connectivity index (χ4v) is 2.26. The third-order valence-electron chi connectivity index (χ3n) is 3.19. The smallest absolute Gasteiger partial charge is 0.231 e. The molecule has 0 unspecified atom stereocenters. The van der Waals surface area contributed by atoms with Crippen LogP contribution in [0.3, 0.4) is 0 Å². The molecule has 1 aliphatic heterocycles. The summed E-state index contributed by atoms with van der Waals surface area (Å²) in [5.41, 5.74) is 0. The molecule has 0 radical (unpaired) electrons. The Kier molecular flexibility index (Phi) is 3.64. The molecule has 0 bridgehead atoms. The minimum atomic E-state index is 0.197. The van der Waals surface area contributed by atoms with Gasteiger partial charge in [-0.05, 0) is 24.4 Å². The summed E-state index contributed by atoms with van der Waals surface area (Å²) in [5.74, 6) is 1.88. The number of aryl methyl sites for hydroxylation is 1. The van der Waals surface area contributed by atoms with Crippen molar-refractivity contribution < 1.29 is 0 Å². The predicted octanol–water partition coefficient (Wildman–Crippen LogP) is 0.866. The molecule has 1 N–H and O–H groups in total. The molecule has 106 valence electrons. The van der Waals surface area contributed by atoms with Crippen molar-refractivity contribution in [3.63, 3.8) is 0 Å². The Bertz CT molecular complexity index is 592. The number of hydrogen-bond acceptors (Lipinski definition) is 7. The van der Waals surface area contributed by atoms with Crippen LogP contribution in [0.2, 0.25) is 5.28 Å². The molecular weight excluding hydrogens is 280 g/mol. The van der Waals surface area contributed by atoms with Crippen LogP contribution in [-0.2, 0) is 13.6 Å². The Morgan fingerprint density at radius 2 is 2.05 bits per heavy atom. The highest BCUT2D eigenvalue weighted by molar-refractivity contribution is 6.28. The van der Waals surface area contributed by atoms with Gasteiger partial charge in [0, 0.05) is 20.1 Å². The third kappa shape index (κ3) is 2.79. The fourth-order valence-electron chi connectivity index (χ4n) is 2.10. The number of halogens is 1. The van der Waals surface area contributed by atoms with E-state index in [1.807, 2.05) is 11.6 Å². The van der Waals surface area contributed by atoms with Gasteiger partial charge in [0.1, 0.15) is 6.33 Å². The van der Waals surface area contributed by atoms with Crippen LogP contribution >= 0.6 is 11.6 Å². The first kappa shape index (κ1) is 13.0. The molecule has 2 aromatic rings. The van der Waals surface area contributed by atoms with Crippen LogP contribution in [0.5, 0.6) is 0 Å². The van der Waals surface area contributed by atoms with Crippen molar-refractivity contribution in [2.24, 2.45) is 7.05 Å². The zero-order valence-corrected chi connectivity index (χ0v) is 11.9. The molecule has 0 saturated carbocycles. The van der Waals surface area contributed by atoms with E-state index in [0.29, 0.717) is 18.4 Å². The maximum Gasteiger partial charge on any atom is 0.231 e. The van der Waals surface area contributed by atoms with Gasteiger partial charge in [-0.15, -0.1) is 10.2 Å². The summed E-state index contributed by atoms with van der Waals surface area (Å²) in [6.45, 7) is 2.41. The second-order valence-electron chi connectivity index (χ2n) is 4.63. The molecule has 2 aromatic heterocycles. The van der Waals surface area contributed by atoms with Gasteiger partial charge >= 0.3 is 0 Å². The molecule has 1 saturated heterocycles. The monoisotopic (exact) mass is 294 g/mol. The zero-order chi connectivity index (χ0) is 13.9. The van der Waals surface area contributed by atoms with Gasteiger partial charge in [0.2, 0.25) is 17.2 Å². The molecule has 20 heavy (non-hydrogen) atoms. The van der Waals surface area contributed by atoms with Crippen molar-refractivity contribution in [2.45, 2.75) is 19.4 Å². The van der Waals surface area contributed by atoms with Gasteiger partial charge < -0.3 is 14.8 Å². The van der Waals surface area contributed by atoms with Crippen molar-refractivity contribution >= 4 is 23.5 Å². The lowest BCUT2D eigenvalue weighted by molar-refractivity contribution is 0.803. The average Bonchev–Trinajstić information content (AvgIpc) is 3.07. The van der Waals surface area contributed by atoms with Gasteiger partial charge in [-0.2, -0.15) is 15.0 Å². The lowest BCUT2D eigenvalue weighted by Crippen LogP contribution is -2.21. The molecule has 1 aliphatic rings. The standard InChI is InChI=1S/C11H15ClN8/c1-19-7-14-18-8(19)6-13-10-15-9(12)16-11(17-10)20-4-2-3-5-20/h7H,2-6H2,1H3,(H,13,15,16,17). The maximum atomic E-state index is 5.96. The summed E-state index contributed by atoms with van der Waals surface area (Å²) in [4.78, 5) is 14.8. The number of rotatable bonds is 4. The first-order valence-electron chi connectivity index (χ1n) is 6.45. The van der Waals surface area contributed by atoms with Gasteiger partial charge in [-0.1, -0.05) is 0 Å². The van der Waals surface area contributed by atoms with Crippen LogP contribution in [0.4, 0.5) is 11.9 Å². The van der Waals surface area contributed by atoms with Crippen LogP contribution < -0.4 is 10.2 Å². The molecule has 8 nitrogen and oxygen atoms in total. The molecule has 3 rings (SSSR count). The van der Waals surface area contributed by atoms with E-state index in [2.05, 4.69) is 35.4 Å². The predicted molar refractivity (Wildman–Crippen MR) is 74.6 cm³/mol. The van der Waals surface area contributed by atoms with Crippen molar-refractivity contribution in [1.29, 1.82) is 0 Å². The van der Waals surface area contributed by atoms with E-state index < -0.39 is 0 Å². The normalized spacial score (nSPS) is 14.8. The van der Waals surface area contributed by atoms with Crippen LogP contribution in [0.15, 0.2) is 6.33 Å². The van der Waals surface area contributed by atoms with Crippen LogP contribution in [0, 0.1) is 0 Å². The van der Waals surface area contributed by atoms with Gasteiger partial charge in [0.15, 0.2) is 5.82 Å². The van der Waals surface area contributed by atoms with Crippen molar-refractivity contribution in [3.05, 3.63) is 17.4 Å². The topological polar surface area (TPSA) is 84.7 Å². The Morgan fingerprint density at radius 3 is 2.75 bits per heavy atom. The largest absolute Gasteiger partial charge is 0.347 e. The molecule has 0 amide bonds. The quantitative estimate of drug-likeness (QED) is 0.895. The van der Waals surface area contributed by atoms with E-state index in [1.165, 1.54) is 0 Å². The van der Waals surface area contributed by atoms with E-state index in [1.54, 1.807) is 6.33 Å². The minimum Gasteiger partial charge on any atom is -0.347 e. The van der Waals surface area contributed by atoms with Gasteiger partial charge in [-0.3, -0.25) is 0 Å². The second-order valence-corrected chi connectivity index (χ2v) is 4.97. The molecule has 1 fully saturated rings. The Morgan fingerprint density at radius 1 is 1.25 bits per heavy atom. The molecule has 0 spiro atoms. The Hall–Kier alpha value is -1.96. The lowest BCUT2D eigenvalue weighted by atomic mass is 10.4. The van der Waals surface area contributed by atoms with Crippen molar-refractivity contribution in [2.75, 3.05) is 23.3 Å². The highest BCUT2D eigenvalue weighted by Gasteiger charge is 2.17. The first-order chi connectivity index (χ1) is 9.72. The molecule has 3 heterocycles. The SMILES string of the molecule is Cn1cnnc1CNc1nc(Cl)nc(N2CCCC2)n1. The molecule has 0 aliphatic carbocycles. The summed E-state index contributed by atoms with van der Waals surface area (Å²) in [5, 5.41) is 11.1. The Labute approximate surface area is 121 Å². The molecular formula is C11H15ClN8. The highest BCUT2D eigenvalue weighted by Crippen LogP contribution is 2.18. The highest BCUT2D eigenvalue weighted by atomic mass is 35.5. The number of nitrogens with one attached hydrogen (secondary N) is 1. The van der Waals surface area contributed by atoms with Gasteiger partial charge in [-0.25, -0.2) is 0 Å². The van der Waals surface area contributed by atoms with E-state index in [-0.39, 0.29) is 5.28 Å². The number of anilines is 2. The van der Waals surface area contributed by atoms with E-state index >= 15 is 0 Å². The van der Waals surface area contributed by atoms with Gasteiger partial charge in [0.05, 0.1) is 6.54 Å². The molecule has 0 aromatic carbocycles. The molecule has 9 heteroatoms. The summed E-state index contributed by atoms with van der Waals surface area (Å²) < 4.78 is 1.83. The number of hydrogen-bond donors (Lipinski definition) is 1. The summed E-state index contributed by atoms with van der Waals surface area (Å²) in [7, 11) is 1.88. The Balaban J connectivity index is 1.74. The van der Waals surface area contributed by atoms with E-state index in [4.69, 9.17) is 11.6 Å². The van der Waals surface area contributed by atoms with Crippen molar-refractivity contribution in [1.82, 2.24) is 29.7 Å². The fraction of sp³-hybridized carbons (Fsp3) is 0.545. The van der Waals surface area contributed by atoms with Crippen LogP contribution in [-0.4, -0.2) is 42.8 Å². The minimum absolute atomic E-state index is 0.197. The zero-order valence-electron chi connectivity index (χ0n) is 11.1. The van der Waals surface area contributed by atoms with Crippen molar-refractivity contribution in [3.8, 4) is 0 Å². The summed E-state index contributed by atoms with van der Waals surface area (Å²) in [6.07, 6.45) is 3.96. The maximum absolute atomic E-state index is 5.96. The van der Waals surface area contributed by atoms with Gasteiger partial charge in [0.25, 0.3) is 0 Å².